The Balaban J connectivity index is 1.65. The maximum atomic E-state index is 12.1. The molecule has 2 saturated heterocycles. The lowest BCUT2D eigenvalue weighted by Crippen LogP contribution is -2.73. The number of hydrogen-bond donors (Lipinski definition) is 3. The van der Waals surface area contributed by atoms with Crippen LogP contribution in [0.3, 0.4) is 0 Å². The first kappa shape index (κ1) is 13.6. The fourth-order valence-electron chi connectivity index (χ4n) is 2.89. The molecule has 6 nitrogen and oxygen atoms in total. The van der Waals surface area contributed by atoms with Crippen LogP contribution in [0.1, 0.15) is 25.3 Å². The second-order valence-corrected chi connectivity index (χ2v) is 5.64. The van der Waals surface area contributed by atoms with Crippen molar-refractivity contribution in [2.45, 2.75) is 31.7 Å². The number of nitrogens with one attached hydrogen (secondary N) is 3. The normalized spacial score (nSPS) is 26.6. The molecule has 2 aliphatic heterocycles. The van der Waals surface area contributed by atoms with Crippen LogP contribution >= 0.6 is 0 Å². The third-order valence-corrected chi connectivity index (χ3v) is 4.18. The average Bonchev–Trinajstić information content (AvgIpc) is 2.40. The average molecular weight is 287 g/mol. The molecule has 1 aromatic rings. The van der Waals surface area contributed by atoms with Gasteiger partial charge in [-0.15, -0.1) is 0 Å². The Hall–Kier alpha value is -2.37. The van der Waals surface area contributed by atoms with Gasteiger partial charge < -0.3 is 10.6 Å². The second-order valence-electron chi connectivity index (χ2n) is 5.64. The van der Waals surface area contributed by atoms with Gasteiger partial charge in [-0.3, -0.25) is 14.9 Å². The first-order valence-corrected chi connectivity index (χ1v) is 7.06. The van der Waals surface area contributed by atoms with Gasteiger partial charge >= 0.3 is 6.03 Å². The summed E-state index contributed by atoms with van der Waals surface area (Å²) < 4.78 is 0. The number of fused-ring (bicyclic) bond motifs is 2. The Kier molecular flexibility index (Phi) is 3.16. The van der Waals surface area contributed by atoms with Gasteiger partial charge in [-0.2, -0.15) is 0 Å². The summed E-state index contributed by atoms with van der Waals surface area (Å²) in [6.45, 7) is 2.04. The van der Waals surface area contributed by atoms with Crippen molar-refractivity contribution in [1.82, 2.24) is 10.6 Å². The summed E-state index contributed by atoms with van der Waals surface area (Å²) in [6, 6.07) is 7.12. The van der Waals surface area contributed by atoms with E-state index in [1.165, 1.54) is 0 Å². The zero-order chi connectivity index (χ0) is 15.0. The lowest BCUT2D eigenvalue weighted by Gasteiger charge is -2.49. The fraction of sp³-hybridized carbons (Fsp3) is 0.400. The summed E-state index contributed by atoms with van der Waals surface area (Å²) in [5.74, 6) is -0.807. The van der Waals surface area contributed by atoms with E-state index in [4.69, 9.17) is 0 Å². The van der Waals surface area contributed by atoms with Crippen molar-refractivity contribution >= 4 is 23.5 Å². The third-order valence-electron chi connectivity index (χ3n) is 4.18. The first-order valence-electron chi connectivity index (χ1n) is 7.06. The molecule has 2 heterocycles. The van der Waals surface area contributed by atoms with E-state index in [0.29, 0.717) is 18.5 Å². The van der Waals surface area contributed by atoms with E-state index in [-0.39, 0.29) is 11.8 Å². The van der Waals surface area contributed by atoms with E-state index in [9.17, 15) is 14.4 Å². The van der Waals surface area contributed by atoms with Gasteiger partial charge in [0.15, 0.2) is 0 Å². The van der Waals surface area contributed by atoms with Crippen molar-refractivity contribution in [2.24, 2.45) is 5.92 Å². The highest BCUT2D eigenvalue weighted by atomic mass is 16.2. The van der Waals surface area contributed by atoms with Crippen LogP contribution in [0, 0.1) is 5.92 Å². The topological polar surface area (TPSA) is 87.3 Å². The minimum atomic E-state index is -0.926. The van der Waals surface area contributed by atoms with Crippen LogP contribution in [0.25, 0.3) is 0 Å². The number of aryl methyl sites for hydroxylation is 1. The van der Waals surface area contributed by atoms with Crippen molar-refractivity contribution in [3.8, 4) is 0 Å². The van der Waals surface area contributed by atoms with Crippen LogP contribution in [0.2, 0.25) is 0 Å². The van der Waals surface area contributed by atoms with Gasteiger partial charge in [0, 0.05) is 11.6 Å². The van der Waals surface area contributed by atoms with Gasteiger partial charge in [0.1, 0.15) is 5.54 Å². The van der Waals surface area contributed by atoms with Crippen molar-refractivity contribution in [2.75, 3.05) is 5.32 Å². The van der Waals surface area contributed by atoms with E-state index in [0.717, 1.165) is 12.0 Å². The molecule has 1 aliphatic carbocycles. The monoisotopic (exact) mass is 287 g/mol. The molecule has 0 atom stereocenters. The van der Waals surface area contributed by atoms with Gasteiger partial charge in [-0.25, -0.2) is 4.79 Å². The zero-order valence-electron chi connectivity index (χ0n) is 11.7. The van der Waals surface area contributed by atoms with Crippen LogP contribution in [0.4, 0.5) is 10.5 Å². The van der Waals surface area contributed by atoms with Crippen molar-refractivity contribution in [1.29, 1.82) is 0 Å². The van der Waals surface area contributed by atoms with Gasteiger partial charge in [0.25, 0.3) is 5.91 Å². The van der Waals surface area contributed by atoms with Crippen molar-refractivity contribution in [3.63, 3.8) is 0 Å². The molecule has 21 heavy (non-hydrogen) atoms. The van der Waals surface area contributed by atoms with E-state index in [1.54, 1.807) is 6.07 Å². The third kappa shape index (κ3) is 2.37. The molecule has 2 bridgehead atoms. The summed E-state index contributed by atoms with van der Waals surface area (Å²) in [4.78, 5) is 35.3. The van der Waals surface area contributed by atoms with Crippen LogP contribution in [-0.2, 0) is 16.0 Å². The number of carbonyl (C=O) groups excluding carboxylic acids is 3. The Morgan fingerprint density at radius 3 is 2.81 bits per heavy atom. The Morgan fingerprint density at radius 2 is 2.14 bits per heavy atom. The molecular weight excluding hydrogens is 270 g/mol. The predicted octanol–water partition coefficient (Wildman–Crippen LogP) is 1.18. The molecule has 0 spiro atoms. The molecule has 0 unspecified atom stereocenters. The molecule has 6 heteroatoms. The fourth-order valence-corrected chi connectivity index (χ4v) is 2.89. The molecule has 4 rings (SSSR count). The minimum absolute atomic E-state index is 0.161. The van der Waals surface area contributed by atoms with Crippen LogP contribution in [-0.4, -0.2) is 23.4 Å². The number of hydrogen-bond acceptors (Lipinski definition) is 3. The van der Waals surface area contributed by atoms with E-state index < -0.39 is 17.5 Å². The molecule has 3 fully saturated rings. The number of benzene rings is 1. The molecule has 4 amide bonds. The van der Waals surface area contributed by atoms with Crippen molar-refractivity contribution in [3.05, 3.63) is 29.8 Å². The van der Waals surface area contributed by atoms with E-state index >= 15 is 0 Å². The second kappa shape index (κ2) is 4.87. The Bertz CT molecular complexity index is 620. The number of carbonyl (C=O) groups is 3. The first-order chi connectivity index (χ1) is 10.0. The van der Waals surface area contributed by atoms with Gasteiger partial charge in [0.2, 0.25) is 5.91 Å². The number of urea groups is 1. The van der Waals surface area contributed by atoms with Crippen LogP contribution in [0.5, 0.6) is 0 Å². The molecule has 3 aliphatic rings. The smallest absolute Gasteiger partial charge is 0.320 e. The Labute approximate surface area is 122 Å². The van der Waals surface area contributed by atoms with E-state index in [2.05, 4.69) is 16.0 Å². The van der Waals surface area contributed by atoms with Gasteiger partial charge in [-0.1, -0.05) is 19.1 Å². The quantitative estimate of drug-likeness (QED) is 0.729. The van der Waals surface area contributed by atoms with E-state index in [1.807, 2.05) is 25.1 Å². The molecule has 0 radical (unpaired) electrons. The lowest BCUT2D eigenvalue weighted by atomic mass is 9.64. The summed E-state index contributed by atoms with van der Waals surface area (Å²) >= 11 is 0. The highest BCUT2D eigenvalue weighted by molar-refractivity contribution is 6.09. The maximum absolute atomic E-state index is 12.1. The standard InChI is InChI=1S/C15H17N3O3/c1-2-9-4-3-5-11(6-9)16-14(21)18-15-7-10(8-15)12(19)17-13(15)20/h3-6,10H,2,7-8H2,1H3,(H2,16,18,21)(H,17,19,20). The SMILES string of the molecule is CCc1cccc(NC(=O)NC23CC(C2)C(=O)NC3=O)c1. The molecule has 110 valence electrons. The largest absolute Gasteiger partial charge is 0.323 e. The molecule has 3 N–H and O–H groups in total. The number of imide groups is 1. The number of rotatable bonds is 3. The van der Waals surface area contributed by atoms with Crippen molar-refractivity contribution < 1.29 is 14.4 Å². The maximum Gasteiger partial charge on any atom is 0.320 e. The van der Waals surface area contributed by atoms with Crippen LogP contribution < -0.4 is 16.0 Å². The highest BCUT2D eigenvalue weighted by Gasteiger charge is 2.58. The lowest BCUT2D eigenvalue weighted by molar-refractivity contribution is -0.151. The molecule has 0 aromatic heterocycles. The predicted molar refractivity (Wildman–Crippen MR) is 76.6 cm³/mol. The zero-order valence-corrected chi connectivity index (χ0v) is 11.7. The van der Waals surface area contributed by atoms with Crippen LogP contribution in [0.15, 0.2) is 24.3 Å². The molecule has 1 saturated carbocycles. The molecular formula is C15H17N3O3. The summed E-state index contributed by atoms with van der Waals surface area (Å²) in [5, 5.41) is 7.72. The van der Waals surface area contributed by atoms with Gasteiger partial charge in [-0.05, 0) is 37.0 Å². The number of anilines is 1. The Morgan fingerprint density at radius 1 is 1.38 bits per heavy atom. The molecule has 1 aromatic carbocycles. The number of amides is 4. The summed E-state index contributed by atoms with van der Waals surface area (Å²) in [7, 11) is 0. The highest BCUT2D eigenvalue weighted by Crippen LogP contribution is 2.41. The number of piperidine rings is 2. The summed E-state index contributed by atoms with van der Waals surface area (Å²) in [5.41, 5.74) is 0.882. The van der Waals surface area contributed by atoms with Gasteiger partial charge in [0.05, 0.1) is 0 Å². The minimum Gasteiger partial charge on any atom is -0.323 e. The summed E-state index contributed by atoms with van der Waals surface area (Å²) in [6.07, 6.45) is 1.66.